The lowest BCUT2D eigenvalue weighted by atomic mass is 10.2. The van der Waals surface area contributed by atoms with Gasteiger partial charge in [0, 0.05) is 18.6 Å². The van der Waals surface area contributed by atoms with Crippen molar-refractivity contribution < 1.29 is 9.53 Å². The number of nitrogens with zero attached hydrogens (tertiary/aromatic N) is 2. The van der Waals surface area contributed by atoms with Crippen LogP contribution in [-0.2, 0) is 11.3 Å². The number of aryl methyl sites for hydroxylation is 1. The number of hydrogen-bond donors (Lipinski definition) is 2. The minimum absolute atomic E-state index is 0.0482. The molecule has 1 aromatic carbocycles. The SMILES string of the molecule is CCCCn1c(N)c(N(C)C(=O)C(C)Oc2ccc(Cl)cc2C)c(=O)[nH]c1=O. The van der Waals surface area contributed by atoms with Gasteiger partial charge in [-0.25, -0.2) is 4.79 Å². The first-order valence-corrected chi connectivity index (χ1v) is 9.38. The summed E-state index contributed by atoms with van der Waals surface area (Å²) in [5.41, 5.74) is 5.43. The number of amides is 1. The van der Waals surface area contributed by atoms with Gasteiger partial charge in [0.1, 0.15) is 11.6 Å². The third-order valence-corrected chi connectivity index (χ3v) is 4.64. The Labute approximate surface area is 167 Å². The van der Waals surface area contributed by atoms with Gasteiger partial charge in [-0.3, -0.25) is 19.1 Å². The molecule has 0 spiro atoms. The second kappa shape index (κ2) is 8.97. The van der Waals surface area contributed by atoms with Crippen molar-refractivity contribution in [3.63, 3.8) is 0 Å². The number of unbranched alkanes of at least 4 members (excludes halogenated alkanes) is 1. The number of nitrogen functional groups attached to an aromatic ring is 1. The maximum Gasteiger partial charge on any atom is 0.330 e. The fraction of sp³-hybridized carbons (Fsp3) is 0.421. The highest BCUT2D eigenvalue weighted by Crippen LogP contribution is 2.24. The number of H-pyrrole nitrogens is 1. The van der Waals surface area contributed by atoms with Crippen molar-refractivity contribution in [1.29, 1.82) is 0 Å². The van der Waals surface area contributed by atoms with Crippen molar-refractivity contribution in [3.05, 3.63) is 49.6 Å². The average Bonchev–Trinajstić information content (AvgIpc) is 2.62. The molecule has 0 aliphatic rings. The van der Waals surface area contributed by atoms with E-state index in [1.807, 2.05) is 13.8 Å². The van der Waals surface area contributed by atoms with E-state index < -0.39 is 23.3 Å². The summed E-state index contributed by atoms with van der Waals surface area (Å²) in [4.78, 5) is 40.5. The second-order valence-corrected chi connectivity index (χ2v) is 7.00. The minimum Gasteiger partial charge on any atom is -0.481 e. The highest BCUT2D eigenvalue weighted by atomic mass is 35.5. The van der Waals surface area contributed by atoms with Gasteiger partial charge in [-0.1, -0.05) is 24.9 Å². The zero-order chi connectivity index (χ0) is 21.0. The Hall–Kier alpha value is -2.74. The lowest BCUT2D eigenvalue weighted by Crippen LogP contribution is -2.43. The molecule has 2 aromatic rings. The molecule has 0 aliphatic carbocycles. The molecule has 9 heteroatoms. The molecule has 2 rings (SSSR count). The Bertz CT molecular complexity index is 983. The summed E-state index contributed by atoms with van der Waals surface area (Å²) in [6, 6.07) is 5.06. The Morgan fingerprint density at radius 2 is 2.07 bits per heavy atom. The third-order valence-electron chi connectivity index (χ3n) is 4.40. The zero-order valence-corrected chi connectivity index (χ0v) is 17.2. The van der Waals surface area contributed by atoms with Gasteiger partial charge in [-0.2, -0.15) is 0 Å². The van der Waals surface area contributed by atoms with Crippen LogP contribution in [0.3, 0.4) is 0 Å². The molecular weight excluding hydrogens is 384 g/mol. The monoisotopic (exact) mass is 408 g/mol. The lowest BCUT2D eigenvalue weighted by Gasteiger charge is -2.24. The fourth-order valence-corrected chi connectivity index (χ4v) is 3.04. The molecule has 1 atom stereocenters. The summed E-state index contributed by atoms with van der Waals surface area (Å²) in [5, 5.41) is 0.564. The summed E-state index contributed by atoms with van der Waals surface area (Å²) >= 11 is 5.93. The van der Waals surface area contributed by atoms with E-state index in [4.69, 9.17) is 22.1 Å². The molecule has 1 aromatic heterocycles. The molecule has 3 N–H and O–H groups in total. The normalized spacial score (nSPS) is 11.9. The van der Waals surface area contributed by atoms with Crippen molar-refractivity contribution >= 4 is 29.0 Å². The summed E-state index contributed by atoms with van der Waals surface area (Å²) in [6.07, 6.45) is 0.669. The number of aromatic nitrogens is 2. The molecule has 152 valence electrons. The summed E-state index contributed by atoms with van der Waals surface area (Å²) in [7, 11) is 1.42. The van der Waals surface area contributed by atoms with E-state index in [1.54, 1.807) is 25.1 Å². The molecule has 0 fully saturated rings. The van der Waals surface area contributed by atoms with Crippen molar-refractivity contribution in [2.24, 2.45) is 0 Å². The van der Waals surface area contributed by atoms with E-state index in [0.29, 0.717) is 23.7 Å². The lowest BCUT2D eigenvalue weighted by molar-refractivity contribution is -0.124. The van der Waals surface area contributed by atoms with Crippen LogP contribution < -0.4 is 26.6 Å². The first-order chi connectivity index (χ1) is 13.2. The second-order valence-electron chi connectivity index (χ2n) is 6.57. The average molecular weight is 409 g/mol. The van der Waals surface area contributed by atoms with Gasteiger partial charge in [-0.05, 0) is 44.0 Å². The van der Waals surface area contributed by atoms with E-state index in [2.05, 4.69) is 4.98 Å². The number of nitrogens with one attached hydrogen (secondary N) is 1. The maximum atomic E-state index is 12.8. The standard InChI is InChI=1S/C19H25ClN4O4/c1-5-6-9-24-16(21)15(17(25)22-19(24)27)23(4)18(26)12(3)28-14-8-7-13(20)10-11(14)2/h7-8,10,12H,5-6,9,21H2,1-4H3,(H,22,25,27). The van der Waals surface area contributed by atoms with Gasteiger partial charge < -0.3 is 15.4 Å². The Morgan fingerprint density at radius 3 is 2.68 bits per heavy atom. The van der Waals surface area contributed by atoms with Gasteiger partial charge in [0.2, 0.25) is 0 Å². The third kappa shape index (κ3) is 4.56. The first-order valence-electron chi connectivity index (χ1n) is 9.00. The molecule has 1 unspecified atom stereocenters. The number of carbonyl (C=O) groups excluding carboxylic acids is 1. The highest BCUT2D eigenvalue weighted by molar-refractivity contribution is 6.30. The molecule has 0 bridgehead atoms. The largest absolute Gasteiger partial charge is 0.481 e. The van der Waals surface area contributed by atoms with Gasteiger partial charge in [0.25, 0.3) is 11.5 Å². The smallest absolute Gasteiger partial charge is 0.330 e. The molecule has 28 heavy (non-hydrogen) atoms. The number of hydrogen-bond acceptors (Lipinski definition) is 5. The number of anilines is 2. The van der Waals surface area contributed by atoms with E-state index in [-0.39, 0.29) is 11.5 Å². The molecule has 0 radical (unpaired) electrons. The number of rotatable bonds is 7. The van der Waals surface area contributed by atoms with Crippen LogP contribution in [0.15, 0.2) is 27.8 Å². The Balaban J connectivity index is 2.31. The predicted molar refractivity (Wildman–Crippen MR) is 110 cm³/mol. The molecule has 0 aliphatic heterocycles. The van der Waals surface area contributed by atoms with E-state index in [0.717, 1.165) is 16.9 Å². The number of ether oxygens (including phenoxy) is 1. The van der Waals surface area contributed by atoms with Crippen LogP contribution in [0.4, 0.5) is 11.5 Å². The maximum absolute atomic E-state index is 12.8. The van der Waals surface area contributed by atoms with Gasteiger partial charge in [-0.15, -0.1) is 0 Å². The number of likely N-dealkylation sites (N-methyl/N-ethyl adjacent to an activating group) is 1. The number of halogens is 1. The van der Waals surface area contributed by atoms with Crippen molar-refractivity contribution in [2.75, 3.05) is 17.7 Å². The fourth-order valence-electron chi connectivity index (χ4n) is 2.81. The number of benzene rings is 1. The van der Waals surface area contributed by atoms with E-state index in [9.17, 15) is 14.4 Å². The summed E-state index contributed by atoms with van der Waals surface area (Å²) in [6.45, 7) is 5.71. The molecule has 1 heterocycles. The van der Waals surface area contributed by atoms with Crippen molar-refractivity contribution in [1.82, 2.24) is 9.55 Å². The Morgan fingerprint density at radius 1 is 1.39 bits per heavy atom. The van der Waals surface area contributed by atoms with Crippen LogP contribution >= 0.6 is 11.6 Å². The van der Waals surface area contributed by atoms with Gasteiger partial charge >= 0.3 is 5.69 Å². The minimum atomic E-state index is -0.889. The Kier molecular flexibility index (Phi) is 6.90. The van der Waals surface area contributed by atoms with Gasteiger partial charge in [0.15, 0.2) is 11.8 Å². The zero-order valence-electron chi connectivity index (χ0n) is 16.4. The van der Waals surface area contributed by atoms with Crippen LogP contribution in [-0.4, -0.2) is 28.6 Å². The number of nitrogens with two attached hydrogens (primary N) is 1. The predicted octanol–water partition coefficient (Wildman–Crippen LogP) is 2.31. The van der Waals surface area contributed by atoms with Gasteiger partial charge in [0.05, 0.1) is 0 Å². The molecule has 0 saturated heterocycles. The quantitative estimate of drug-likeness (QED) is 0.730. The van der Waals surface area contributed by atoms with E-state index >= 15 is 0 Å². The topological polar surface area (TPSA) is 110 Å². The molecule has 1 amide bonds. The van der Waals surface area contributed by atoms with Crippen LogP contribution in [0.25, 0.3) is 0 Å². The van der Waals surface area contributed by atoms with Crippen molar-refractivity contribution in [2.45, 2.75) is 46.3 Å². The van der Waals surface area contributed by atoms with Crippen LogP contribution in [0.5, 0.6) is 5.75 Å². The molecule has 8 nitrogen and oxygen atoms in total. The number of carbonyl (C=O) groups is 1. The number of aromatic amines is 1. The van der Waals surface area contributed by atoms with E-state index in [1.165, 1.54) is 11.6 Å². The van der Waals surface area contributed by atoms with Crippen LogP contribution in [0.2, 0.25) is 5.02 Å². The van der Waals surface area contributed by atoms with Crippen LogP contribution in [0, 0.1) is 6.92 Å². The highest BCUT2D eigenvalue weighted by Gasteiger charge is 2.26. The first kappa shape index (κ1) is 21.6. The van der Waals surface area contributed by atoms with Crippen molar-refractivity contribution in [3.8, 4) is 5.75 Å². The molecule has 0 saturated carbocycles. The molecular formula is C19H25ClN4O4. The summed E-state index contributed by atoms with van der Waals surface area (Å²) in [5.74, 6) is -0.0198. The summed E-state index contributed by atoms with van der Waals surface area (Å²) < 4.78 is 6.99. The van der Waals surface area contributed by atoms with Crippen LogP contribution in [0.1, 0.15) is 32.3 Å².